The largest absolute Gasteiger partial charge is 0.305 e. The third kappa shape index (κ3) is 1.77. The SMILES string of the molecule is CC(=N)c1cnc(Cl)cc1C. The van der Waals surface area contributed by atoms with Crippen LogP contribution in [-0.4, -0.2) is 10.7 Å². The van der Waals surface area contributed by atoms with E-state index in [1.807, 2.05) is 6.92 Å². The summed E-state index contributed by atoms with van der Waals surface area (Å²) in [5.41, 5.74) is 2.37. The van der Waals surface area contributed by atoms with E-state index in [1.165, 1.54) is 0 Å². The van der Waals surface area contributed by atoms with E-state index in [0.717, 1.165) is 11.1 Å². The van der Waals surface area contributed by atoms with Crippen molar-refractivity contribution < 1.29 is 0 Å². The molecule has 1 rings (SSSR count). The third-order valence-electron chi connectivity index (χ3n) is 1.48. The molecule has 0 aliphatic rings. The summed E-state index contributed by atoms with van der Waals surface area (Å²) >= 11 is 5.64. The number of nitrogens with one attached hydrogen (secondary N) is 1. The fourth-order valence-electron chi connectivity index (χ4n) is 0.914. The van der Waals surface area contributed by atoms with Gasteiger partial charge in [-0.1, -0.05) is 11.6 Å². The number of hydrogen-bond acceptors (Lipinski definition) is 2. The van der Waals surface area contributed by atoms with Crippen molar-refractivity contribution in [2.24, 2.45) is 0 Å². The van der Waals surface area contributed by atoms with Crippen LogP contribution in [0.25, 0.3) is 0 Å². The van der Waals surface area contributed by atoms with Gasteiger partial charge in [-0.3, -0.25) is 0 Å². The molecule has 0 aliphatic carbocycles. The minimum Gasteiger partial charge on any atom is -0.305 e. The van der Waals surface area contributed by atoms with Crippen LogP contribution in [-0.2, 0) is 0 Å². The molecule has 1 heterocycles. The van der Waals surface area contributed by atoms with Gasteiger partial charge in [0.1, 0.15) is 5.15 Å². The maximum atomic E-state index is 7.36. The Labute approximate surface area is 70.7 Å². The van der Waals surface area contributed by atoms with Crippen LogP contribution in [0.4, 0.5) is 0 Å². The number of hydrogen-bond donors (Lipinski definition) is 1. The van der Waals surface area contributed by atoms with Crippen molar-refractivity contribution in [3.8, 4) is 0 Å². The molecule has 0 radical (unpaired) electrons. The molecule has 0 amide bonds. The van der Waals surface area contributed by atoms with Crippen molar-refractivity contribution >= 4 is 17.3 Å². The van der Waals surface area contributed by atoms with Crippen LogP contribution in [0.2, 0.25) is 5.15 Å². The van der Waals surface area contributed by atoms with Crippen molar-refractivity contribution in [3.63, 3.8) is 0 Å². The van der Waals surface area contributed by atoms with E-state index in [0.29, 0.717) is 10.9 Å². The predicted molar refractivity (Wildman–Crippen MR) is 46.5 cm³/mol. The van der Waals surface area contributed by atoms with Crippen molar-refractivity contribution in [1.82, 2.24) is 4.98 Å². The summed E-state index contributed by atoms with van der Waals surface area (Å²) in [6.45, 7) is 3.65. The van der Waals surface area contributed by atoms with E-state index in [9.17, 15) is 0 Å². The van der Waals surface area contributed by atoms with Crippen molar-refractivity contribution in [2.75, 3.05) is 0 Å². The van der Waals surface area contributed by atoms with E-state index in [1.54, 1.807) is 19.2 Å². The van der Waals surface area contributed by atoms with Gasteiger partial charge in [-0.05, 0) is 25.5 Å². The molecular formula is C8H9ClN2. The van der Waals surface area contributed by atoms with E-state index in [4.69, 9.17) is 17.0 Å². The van der Waals surface area contributed by atoms with E-state index < -0.39 is 0 Å². The summed E-state index contributed by atoms with van der Waals surface area (Å²) in [6, 6.07) is 1.76. The summed E-state index contributed by atoms with van der Waals surface area (Å²) in [4.78, 5) is 3.89. The first kappa shape index (κ1) is 8.21. The molecule has 3 heteroatoms. The molecule has 0 bridgehead atoms. The van der Waals surface area contributed by atoms with Gasteiger partial charge in [-0.15, -0.1) is 0 Å². The Hall–Kier alpha value is -0.890. The number of pyridine rings is 1. The van der Waals surface area contributed by atoms with Crippen LogP contribution in [0.1, 0.15) is 18.1 Å². The molecule has 0 fully saturated rings. The van der Waals surface area contributed by atoms with Gasteiger partial charge in [0, 0.05) is 17.5 Å². The molecule has 58 valence electrons. The zero-order valence-electron chi connectivity index (χ0n) is 6.48. The van der Waals surface area contributed by atoms with Crippen molar-refractivity contribution in [1.29, 1.82) is 5.41 Å². The molecule has 0 atom stereocenters. The molecule has 1 N–H and O–H groups in total. The minimum atomic E-state index is 0.479. The molecule has 0 saturated heterocycles. The topological polar surface area (TPSA) is 36.7 Å². The monoisotopic (exact) mass is 168 g/mol. The van der Waals surface area contributed by atoms with Gasteiger partial charge in [0.2, 0.25) is 0 Å². The molecule has 11 heavy (non-hydrogen) atoms. The highest BCUT2D eigenvalue weighted by molar-refractivity contribution is 6.29. The number of aryl methyl sites for hydroxylation is 1. The molecule has 0 aromatic carbocycles. The highest BCUT2D eigenvalue weighted by Gasteiger charge is 2.00. The second-order valence-corrected chi connectivity index (χ2v) is 2.83. The Morgan fingerprint density at radius 1 is 1.64 bits per heavy atom. The molecule has 1 aromatic rings. The average molecular weight is 169 g/mol. The van der Waals surface area contributed by atoms with Crippen molar-refractivity contribution in [2.45, 2.75) is 13.8 Å². The molecule has 2 nitrogen and oxygen atoms in total. The Morgan fingerprint density at radius 3 is 2.73 bits per heavy atom. The number of halogens is 1. The lowest BCUT2D eigenvalue weighted by Crippen LogP contribution is -1.96. The van der Waals surface area contributed by atoms with Gasteiger partial charge in [0.15, 0.2) is 0 Å². The van der Waals surface area contributed by atoms with Gasteiger partial charge in [0.25, 0.3) is 0 Å². The van der Waals surface area contributed by atoms with E-state index in [-0.39, 0.29) is 0 Å². The number of rotatable bonds is 1. The fraction of sp³-hybridized carbons (Fsp3) is 0.250. The van der Waals surface area contributed by atoms with Crippen LogP contribution in [0.15, 0.2) is 12.3 Å². The van der Waals surface area contributed by atoms with Gasteiger partial charge < -0.3 is 5.41 Å². The maximum absolute atomic E-state index is 7.36. The Bertz CT molecular complexity index is 294. The second kappa shape index (κ2) is 3.01. The normalized spacial score (nSPS) is 9.73. The first-order valence-corrected chi connectivity index (χ1v) is 3.66. The Balaban J connectivity index is 3.20. The Morgan fingerprint density at radius 2 is 2.27 bits per heavy atom. The first-order valence-electron chi connectivity index (χ1n) is 3.29. The average Bonchev–Trinajstić information content (AvgIpc) is 1.85. The van der Waals surface area contributed by atoms with Crippen LogP contribution in [0.3, 0.4) is 0 Å². The lowest BCUT2D eigenvalue weighted by atomic mass is 10.1. The summed E-state index contributed by atoms with van der Waals surface area (Å²) in [5.74, 6) is 0. The molecule has 0 spiro atoms. The van der Waals surface area contributed by atoms with Crippen LogP contribution >= 0.6 is 11.6 Å². The van der Waals surface area contributed by atoms with Gasteiger partial charge in [-0.2, -0.15) is 0 Å². The number of aromatic nitrogens is 1. The minimum absolute atomic E-state index is 0.479. The lowest BCUT2D eigenvalue weighted by Gasteiger charge is -2.01. The van der Waals surface area contributed by atoms with Gasteiger partial charge in [0.05, 0.1) is 0 Å². The quantitative estimate of drug-likeness (QED) is 0.508. The highest BCUT2D eigenvalue weighted by Crippen LogP contribution is 2.11. The lowest BCUT2D eigenvalue weighted by molar-refractivity contribution is 1.26. The molecule has 0 unspecified atom stereocenters. The zero-order chi connectivity index (χ0) is 8.43. The Kier molecular flexibility index (Phi) is 2.25. The summed E-state index contributed by atoms with van der Waals surface area (Å²) in [6.07, 6.45) is 1.62. The summed E-state index contributed by atoms with van der Waals surface area (Å²) < 4.78 is 0. The first-order chi connectivity index (χ1) is 5.11. The van der Waals surface area contributed by atoms with Gasteiger partial charge >= 0.3 is 0 Å². The van der Waals surface area contributed by atoms with Crippen molar-refractivity contribution in [3.05, 3.63) is 28.5 Å². The van der Waals surface area contributed by atoms with Gasteiger partial charge in [-0.25, -0.2) is 4.98 Å². The molecular weight excluding hydrogens is 160 g/mol. The van der Waals surface area contributed by atoms with Crippen LogP contribution in [0.5, 0.6) is 0 Å². The highest BCUT2D eigenvalue weighted by atomic mass is 35.5. The molecule has 0 saturated carbocycles. The number of nitrogens with zero attached hydrogens (tertiary/aromatic N) is 1. The second-order valence-electron chi connectivity index (χ2n) is 2.45. The summed E-state index contributed by atoms with van der Waals surface area (Å²) in [7, 11) is 0. The standard InChI is InChI=1S/C8H9ClN2/c1-5-3-8(9)11-4-7(5)6(2)10/h3-4,10H,1-2H3. The zero-order valence-corrected chi connectivity index (χ0v) is 7.24. The third-order valence-corrected chi connectivity index (χ3v) is 1.69. The summed E-state index contributed by atoms with van der Waals surface area (Å²) in [5, 5.41) is 7.84. The molecule has 0 aliphatic heterocycles. The predicted octanol–water partition coefficient (Wildman–Crippen LogP) is 2.43. The van der Waals surface area contributed by atoms with E-state index in [2.05, 4.69) is 4.98 Å². The molecule has 1 aromatic heterocycles. The van der Waals surface area contributed by atoms with E-state index >= 15 is 0 Å². The van der Waals surface area contributed by atoms with Crippen LogP contribution in [0, 0.1) is 12.3 Å². The smallest absolute Gasteiger partial charge is 0.129 e. The maximum Gasteiger partial charge on any atom is 0.129 e. The fourth-order valence-corrected chi connectivity index (χ4v) is 1.13. The van der Waals surface area contributed by atoms with Crippen LogP contribution < -0.4 is 0 Å².